The van der Waals surface area contributed by atoms with E-state index >= 15 is 0 Å². The highest BCUT2D eigenvalue weighted by Crippen LogP contribution is 2.34. The molecule has 24 heavy (non-hydrogen) atoms. The Balaban J connectivity index is 1.97. The Kier molecular flexibility index (Phi) is 2.54. The van der Waals surface area contributed by atoms with Crippen molar-refractivity contribution < 1.29 is 9.59 Å². The maximum atomic E-state index is 12.4. The van der Waals surface area contributed by atoms with E-state index in [1.54, 1.807) is 6.07 Å². The lowest BCUT2D eigenvalue weighted by Crippen LogP contribution is -2.11. The van der Waals surface area contributed by atoms with E-state index in [1.807, 2.05) is 24.3 Å². The molecule has 0 saturated heterocycles. The van der Waals surface area contributed by atoms with Crippen LogP contribution in [-0.4, -0.2) is 11.6 Å². The summed E-state index contributed by atoms with van der Waals surface area (Å²) in [6, 6.07) is 20.2. The van der Waals surface area contributed by atoms with Crippen molar-refractivity contribution in [3.63, 3.8) is 0 Å². The average Bonchev–Trinajstić information content (AvgIpc) is 2.63. The number of allylic oxidation sites excluding steroid dienone is 2. The second-order valence-corrected chi connectivity index (χ2v) is 6.09. The van der Waals surface area contributed by atoms with Crippen molar-refractivity contribution in [1.82, 2.24) is 0 Å². The molecule has 0 atom stereocenters. The first-order valence-corrected chi connectivity index (χ1v) is 7.88. The van der Waals surface area contributed by atoms with Crippen molar-refractivity contribution in [3.8, 4) is 0 Å². The summed E-state index contributed by atoms with van der Waals surface area (Å²) in [5, 5.41) is 6.49. The molecule has 1 aliphatic carbocycles. The zero-order chi connectivity index (χ0) is 16.3. The molecule has 0 fully saturated rings. The summed E-state index contributed by atoms with van der Waals surface area (Å²) in [5.74, 6) is -0.208. The second kappa shape index (κ2) is 4.62. The maximum Gasteiger partial charge on any atom is 0.187 e. The molecule has 112 valence electrons. The fourth-order valence-corrected chi connectivity index (χ4v) is 3.70. The Labute approximate surface area is 138 Å². The quantitative estimate of drug-likeness (QED) is 0.424. The van der Waals surface area contributed by atoms with Crippen LogP contribution in [0.25, 0.3) is 32.3 Å². The van der Waals surface area contributed by atoms with Gasteiger partial charge in [0.2, 0.25) is 0 Å². The second-order valence-electron chi connectivity index (χ2n) is 6.09. The van der Waals surface area contributed by atoms with Crippen molar-refractivity contribution in [2.45, 2.75) is 0 Å². The van der Waals surface area contributed by atoms with Crippen LogP contribution in [0.1, 0.15) is 20.7 Å². The summed E-state index contributed by atoms with van der Waals surface area (Å²) in [6.07, 6.45) is 2.72. The number of ketones is 2. The Morgan fingerprint density at radius 2 is 1.12 bits per heavy atom. The Bertz CT molecular complexity index is 1230. The zero-order valence-corrected chi connectivity index (χ0v) is 12.7. The van der Waals surface area contributed by atoms with Gasteiger partial charge in [0.15, 0.2) is 11.6 Å². The minimum Gasteiger partial charge on any atom is -0.289 e. The van der Waals surface area contributed by atoms with E-state index < -0.39 is 0 Å². The van der Waals surface area contributed by atoms with Gasteiger partial charge in [0.05, 0.1) is 0 Å². The third kappa shape index (κ3) is 1.65. The van der Waals surface area contributed by atoms with Gasteiger partial charge < -0.3 is 0 Å². The minimum absolute atomic E-state index is 0.102. The van der Waals surface area contributed by atoms with Gasteiger partial charge in [0.25, 0.3) is 0 Å². The number of hydrogen-bond acceptors (Lipinski definition) is 2. The summed E-state index contributed by atoms with van der Waals surface area (Å²) >= 11 is 0. The molecule has 0 spiro atoms. The van der Waals surface area contributed by atoms with Gasteiger partial charge in [-0.3, -0.25) is 9.59 Å². The predicted octanol–water partition coefficient (Wildman–Crippen LogP) is 5.08. The van der Waals surface area contributed by atoms with E-state index in [0.29, 0.717) is 11.1 Å². The van der Waals surface area contributed by atoms with Gasteiger partial charge in [0.1, 0.15) is 0 Å². The van der Waals surface area contributed by atoms with Crippen LogP contribution in [0.2, 0.25) is 0 Å². The molecule has 0 unspecified atom stereocenters. The molecule has 0 saturated carbocycles. The monoisotopic (exact) mass is 308 g/mol. The Morgan fingerprint density at radius 1 is 0.500 bits per heavy atom. The highest BCUT2D eigenvalue weighted by Gasteiger charge is 2.22. The van der Waals surface area contributed by atoms with Gasteiger partial charge in [-0.15, -0.1) is 0 Å². The van der Waals surface area contributed by atoms with E-state index in [2.05, 4.69) is 30.3 Å². The number of fused-ring (bicyclic) bond motifs is 7. The predicted molar refractivity (Wildman–Crippen MR) is 96.8 cm³/mol. The fraction of sp³-hybridized carbons (Fsp3) is 0. The molecule has 4 aromatic carbocycles. The van der Waals surface area contributed by atoms with Crippen LogP contribution < -0.4 is 0 Å². The molecule has 0 N–H and O–H groups in total. The number of rotatable bonds is 0. The molecule has 2 heteroatoms. The first-order valence-electron chi connectivity index (χ1n) is 7.88. The van der Waals surface area contributed by atoms with E-state index in [4.69, 9.17) is 0 Å². The lowest BCUT2D eigenvalue weighted by Gasteiger charge is -2.14. The third-order valence-corrected chi connectivity index (χ3v) is 4.82. The molecule has 0 amide bonds. The van der Waals surface area contributed by atoms with Crippen molar-refractivity contribution in [2.24, 2.45) is 0 Å². The SMILES string of the molecule is O=C1C=CC(=O)c2c1ccc1c2ccc2c3ccccc3ccc12. The summed E-state index contributed by atoms with van der Waals surface area (Å²) in [6.45, 7) is 0. The molecule has 4 aromatic rings. The summed E-state index contributed by atoms with van der Waals surface area (Å²) < 4.78 is 0. The van der Waals surface area contributed by atoms with Crippen LogP contribution in [0.15, 0.2) is 72.8 Å². The number of carbonyl (C=O) groups excluding carboxylic acids is 2. The van der Waals surface area contributed by atoms with Gasteiger partial charge in [-0.1, -0.05) is 54.6 Å². The highest BCUT2D eigenvalue weighted by atomic mass is 16.1. The summed E-state index contributed by atoms with van der Waals surface area (Å²) in [7, 11) is 0. The summed E-state index contributed by atoms with van der Waals surface area (Å²) in [5.41, 5.74) is 1.02. The number of benzene rings is 4. The van der Waals surface area contributed by atoms with Crippen LogP contribution in [0.4, 0.5) is 0 Å². The topological polar surface area (TPSA) is 34.1 Å². The standard InChI is InChI=1S/C22H12O2/c23-20-11-12-21(24)22-18-9-7-15-14-4-2-1-3-13(14)5-6-16(15)17(18)8-10-19(20)22/h1-12H. The van der Waals surface area contributed by atoms with Gasteiger partial charge >= 0.3 is 0 Å². The van der Waals surface area contributed by atoms with Gasteiger partial charge in [-0.2, -0.15) is 0 Å². The molecule has 0 radical (unpaired) electrons. The molecule has 5 rings (SSSR count). The third-order valence-electron chi connectivity index (χ3n) is 4.82. The molecular formula is C22H12O2. The van der Waals surface area contributed by atoms with Crippen molar-refractivity contribution >= 4 is 43.9 Å². The van der Waals surface area contributed by atoms with E-state index in [9.17, 15) is 9.59 Å². The van der Waals surface area contributed by atoms with Crippen LogP contribution in [-0.2, 0) is 0 Å². The molecule has 0 heterocycles. The van der Waals surface area contributed by atoms with Crippen LogP contribution >= 0.6 is 0 Å². The van der Waals surface area contributed by atoms with Crippen molar-refractivity contribution in [3.05, 3.63) is 83.9 Å². The van der Waals surface area contributed by atoms with Gasteiger partial charge in [-0.25, -0.2) is 0 Å². The Hall–Kier alpha value is -3.26. The van der Waals surface area contributed by atoms with Crippen molar-refractivity contribution in [1.29, 1.82) is 0 Å². The van der Waals surface area contributed by atoms with Crippen LogP contribution in [0.5, 0.6) is 0 Å². The Morgan fingerprint density at radius 3 is 2.04 bits per heavy atom. The minimum atomic E-state index is -0.106. The van der Waals surface area contributed by atoms with Gasteiger partial charge in [0, 0.05) is 11.1 Å². The molecule has 0 aromatic heterocycles. The normalized spacial score (nSPS) is 13.8. The maximum absolute atomic E-state index is 12.4. The largest absolute Gasteiger partial charge is 0.289 e. The smallest absolute Gasteiger partial charge is 0.187 e. The van der Waals surface area contributed by atoms with E-state index in [-0.39, 0.29) is 11.6 Å². The molecule has 1 aliphatic rings. The summed E-state index contributed by atoms with van der Waals surface area (Å²) in [4.78, 5) is 24.4. The van der Waals surface area contributed by atoms with E-state index in [1.165, 1.54) is 22.9 Å². The number of hydrogen-bond donors (Lipinski definition) is 0. The molecule has 2 nitrogen and oxygen atoms in total. The zero-order valence-electron chi connectivity index (χ0n) is 12.7. The van der Waals surface area contributed by atoms with Crippen LogP contribution in [0.3, 0.4) is 0 Å². The molecular weight excluding hydrogens is 296 g/mol. The van der Waals surface area contributed by atoms with Gasteiger partial charge in [-0.05, 0) is 50.5 Å². The molecule has 0 aliphatic heterocycles. The number of carbonyl (C=O) groups is 2. The van der Waals surface area contributed by atoms with Crippen LogP contribution in [0, 0.1) is 0 Å². The highest BCUT2D eigenvalue weighted by molar-refractivity contribution is 6.29. The lowest BCUT2D eigenvalue weighted by atomic mass is 9.87. The first kappa shape index (κ1) is 13.2. The lowest BCUT2D eigenvalue weighted by molar-refractivity contribution is 0.0995. The fourth-order valence-electron chi connectivity index (χ4n) is 3.70. The first-order chi connectivity index (χ1) is 11.7. The van der Waals surface area contributed by atoms with E-state index in [0.717, 1.165) is 21.5 Å². The average molecular weight is 308 g/mol. The molecule has 0 bridgehead atoms. The van der Waals surface area contributed by atoms with Crippen molar-refractivity contribution in [2.75, 3.05) is 0 Å².